The van der Waals surface area contributed by atoms with Gasteiger partial charge in [-0.25, -0.2) is 9.13 Å². The summed E-state index contributed by atoms with van der Waals surface area (Å²) in [6, 6.07) is 24.0. The Bertz CT molecular complexity index is 1460. The van der Waals surface area contributed by atoms with Gasteiger partial charge in [0.2, 0.25) is 0 Å². The Morgan fingerprint density at radius 3 is 1.81 bits per heavy atom. The van der Waals surface area contributed by atoms with Crippen LogP contribution in [0.4, 0.5) is 0 Å². The van der Waals surface area contributed by atoms with Gasteiger partial charge in [0, 0.05) is 28.9 Å². The second-order valence-electron chi connectivity index (χ2n) is 14.2. The van der Waals surface area contributed by atoms with Crippen LogP contribution in [0.2, 0.25) is 0 Å². The van der Waals surface area contributed by atoms with Crippen molar-refractivity contribution in [1.82, 2.24) is 4.57 Å². The topological polar surface area (TPSA) is 27.3 Å². The highest BCUT2D eigenvalue weighted by molar-refractivity contribution is 8.39. The van der Waals surface area contributed by atoms with E-state index in [9.17, 15) is 0 Å². The fourth-order valence-electron chi connectivity index (χ4n) is 6.53. The molecule has 0 aliphatic carbocycles. The van der Waals surface area contributed by atoms with Gasteiger partial charge in [-0.3, -0.25) is 11.6 Å². The van der Waals surface area contributed by atoms with Crippen LogP contribution < -0.4 is 10.3 Å². The molecule has 0 spiro atoms. The van der Waals surface area contributed by atoms with Gasteiger partial charge in [0.15, 0.2) is 10.9 Å². The molecule has 0 bridgehead atoms. The molecule has 1 aromatic heterocycles. The van der Waals surface area contributed by atoms with Gasteiger partial charge in [0.25, 0.3) is 0 Å². The van der Waals surface area contributed by atoms with E-state index in [2.05, 4.69) is 138 Å². The Labute approximate surface area is 300 Å². The largest absolute Gasteiger partial charge is 0.481 e. The van der Waals surface area contributed by atoms with Crippen LogP contribution in [0.3, 0.4) is 0 Å². The maximum atomic E-state index is 6.14. The molecule has 0 aliphatic rings. The lowest BCUT2D eigenvalue weighted by Crippen LogP contribution is -2.52. The van der Waals surface area contributed by atoms with Crippen molar-refractivity contribution in [1.29, 1.82) is 0 Å². The number of aromatic nitrogens is 2. The molecule has 0 atom stereocenters. The Balaban J connectivity index is 1.50. The van der Waals surface area contributed by atoms with Crippen LogP contribution in [-0.4, -0.2) is 28.7 Å². The molecule has 0 aliphatic heterocycles. The van der Waals surface area contributed by atoms with E-state index >= 15 is 0 Å². The quantitative estimate of drug-likeness (QED) is 0.0479. The van der Waals surface area contributed by atoms with Gasteiger partial charge in [-0.2, -0.15) is 0 Å². The zero-order valence-corrected chi connectivity index (χ0v) is 32.4. The standard InChI is InChI=1S/C41H57BN2O2S2/c1-29(2)34-20-16-21-35(30(3)4)38(34)43-24-25-44(39-36(31(5)6)22-17-23-37(39)32(7)8)40(43)42-48-41(47)46-27-15-10-9-14-26-45-28-33-18-12-11-13-19-33/h11-13,16-25,29-32H,9-10,14-15,26-28,42H2,1-8H3. The van der Waals surface area contributed by atoms with Gasteiger partial charge >= 0.3 is 0 Å². The minimum atomic E-state index is -0.776. The van der Waals surface area contributed by atoms with Gasteiger partial charge in [-0.1, -0.05) is 129 Å². The summed E-state index contributed by atoms with van der Waals surface area (Å²) >= 11 is 7.59. The third-order valence-electron chi connectivity index (χ3n) is 9.19. The van der Waals surface area contributed by atoms with Crippen molar-refractivity contribution in [3.63, 3.8) is 0 Å². The summed E-state index contributed by atoms with van der Waals surface area (Å²) in [4.78, 5) is 0. The lowest BCUT2D eigenvalue weighted by Gasteiger charge is -2.22. The predicted molar refractivity (Wildman–Crippen MR) is 213 cm³/mol. The Hall–Kier alpha value is -2.87. The summed E-state index contributed by atoms with van der Waals surface area (Å²) in [7, 11) is 0. The Kier molecular flexibility index (Phi) is 14.8. The number of thiocarbonyl (C=S) groups is 1. The summed E-state index contributed by atoms with van der Waals surface area (Å²) in [6.45, 7) is 19.8. The number of benzene rings is 3. The number of nitrogens with zero attached hydrogens (tertiary/aromatic N) is 2. The van der Waals surface area contributed by atoms with Crippen molar-refractivity contribution in [2.24, 2.45) is 0 Å². The second-order valence-corrected chi connectivity index (χ2v) is 16.0. The van der Waals surface area contributed by atoms with Crippen molar-refractivity contribution < 1.29 is 14.0 Å². The van der Waals surface area contributed by atoms with E-state index in [0.29, 0.717) is 41.3 Å². The lowest BCUT2D eigenvalue weighted by atomic mass is 9.91. The highest BCUT2D eigenvalue weighted by atomic mass is 32.2. The van der Waals surface area contributed by atoms with Gasteiger partial charge in [0.1, 0.15) is 23.8 Å². The first-order chi connectivity index (χ1) is 23.1. The average molecular weight is 685 g/mol. The first-order valence-electron chi connectivity index (χ1n) is 18.2. The molecule has 7 heteroatoms. The normalized spacial score (nSPS) is 11.8. The number of ether oxygens (including phenoxy) is 2. The van der Waals surface area contributed by atoms with Crippen LogP contribution in [0, 0.1) is 0 Å². The first-order valence-corrected chi connectivity index (χ1v) is 19.8. The van der Waals surface area contributed by atoms with Gasteiger partial charge in [-0.05, 0) is 60.7 Å². The number of unbranched alkanes of at least 4 members (excludes halogenated alkanes) is 3. The third-order valence-corrected chi connectivity index (χ3v) is 10.8. The number of imidazole rings is 1. The third kappa shape index (κ3) is 10.1. The minimum absolute atomic E-state index is 0.407. The van der Waals surface area contributed by atoms with Gasteiger partial charge < -0.3 is 9.47 Å². The lowest BCUT2D eigenvalue weighted by molar-refractivity contribution is -0.576. The van der Waals surface area contributed by atoms with E-state index < -0.39 is 6.56 Å². The highest BCUT2D eigenvalue weighted by Crippen LogP contribution is 2.32. The molecular formula is C41H57BN2O2S2. The van der Waals surface area contributed by atoms with E-state index in [1.807, 2.05) is 6.07 Å². The van der Waals surface area contributed by atoms with Crippen LogP contribution in [-0.2, 0) is 16.1 Å². The first kappa shape index (κ1) is 37.9. The Morgan fingerprint density at radius 1 is 0.708 bits per heavy atom. The van der Waals surface area contributed by atoms with Crippen LogP contribution in [0.5, 0.6) is 0 Å². The van der Waals surface area contributed by atoms with Crippen molar-refractivity contribution >= 4 is 40.5 Å². The monoisotopic (exact) mass is 684 g/mol. The number of rotatable bonds is 17. The van der Waals surface area contributed by atoms with Crippen molar-refractivity contribution in [3.8, 4) is 11.4 Å². The molecule has 4 nitrogen and oxygen atoms in total. The van der Waals surface area contributed by atoms with Crippen molar-refractivity contribution in [2.45, 2.75) is 111 Å². The Morgan fingerprint density at radius 2 is 1.25 bits per heavy atom. The van der Waals surface area contributed by atoms with Gasteiger partial charge in [-0.15, -0.1) is 0 Å². The fourth-order valence-corrected chi connectivity index (χ4v) is 7.80. The molecule has 4 aromatic rings. The molecule has 0 amide bonds. The van der Waals surface area contributed by atoms with Crippen LogP contribution in [0.25, 0.3) is 11.4 Å². The smallest absolute Gasteiger partial charge is 0.178 e. The predicted octanol–water partition coefficient (Wildman–Crippen LogP) is 9.77. The molecule has 258 valence electrons. The average Bonchev–Trinajstić information content (AvgIpc) is 3.49. The summed E-state index contributed by atoms with van der Waals surface area (Å²) in [5, 5.41) is 0. The molecule has 0 radical (unpaired) electrons. The molecule has 0 saturated carbocycles. The molecular weight excluding hydrogens is 627 g/mol. The number of hydrogen-bond donors (Lipinski definition) is 0. The van der Waals surface area contributed by atoms with E-state index in [4.69, 9.17) is 21.7 Å². The van der Waals surface area contributed by atoms with Crippen LogP contribution >= 0.6 is 23.8 Å². The van der Waals surface area contributed by atoms with Crippen molar-refractivity contribution in [3.05, 3.63) is 107 Å². The van der Waals surface area contributed by atoms with E-state index in [0.717, 1.165) is 32.3 Å². The molecule has 1 heterocycles. The van der Waals surface area contributed by atoms with Crippen LogP contribution in [0.1, 0.15) is 133 Å². The summed E-state index contributed by atoms with van der Waals surface area (Å²) in [6.07, 6.45) is 8.92. The van der Waals surface area contributed by atoms with E-state index in [1.54, 1.807) is 11.6 Å². The maximum absolute atomic E-state index is 6.14. The summed E-state index contributed by atoms with van der Waals surface area (Å²) in [5.41, 5.74) is 10.7. The molecule has 0 N–H and O–H groups in total. The summed E-state index contributed by atoms with van der Waals surface area (Å²) < 4.78 is 17.6. The molecule has 0 unspecified atom stereocenters. The maximum Gasteiger partial charge on any atom is 0.178 e. The van der Waals surface area contributed by atoms with E-state index in [1.165, 1.54) is 44.9 Å². The number of hydrogen-bond acceptors (Lipinski definition) is 4. The highest BCUT2D eigenvalue weighted by Gasteiger charge is 2.27. The van der Waals surface area contributed by atoms with Gasteiger partial charge in [0.05, 0.1) is 18.9 Å². The molecule has 0 saturated heterocycles. The molecule has 0 fully saturated rings. The van der Waals surface area contributed by atoms with Crippen molar-refractivity contribution in [2.75, 3.05) is 13.2 Å². The van der Waals surface area contributed by atoms with Crippen LogP contribution in [0.15, 0.2) is 79.1 Å². The zero-order valence-electron chi connectivity index (χ0n) is 30.8. The molecule has 48 heavy (non-hydrogen) atoms. The summed E-state index contributed by atoms with van der Waals surface area (Å²) in [5.74, 6) is 1.63. The molecule has 4 rings (SSSR count). The SMILES string of the molecule is CC(C)c1cccc(C(C)C)c1-n1cc[n+](-c2c(C(C)C)cccc2C(C)C)c1[BH2-]SC(=S)OCCCCCCOCc1ccccc1. The fraction of sp³-hybridized carbons (Fsp3) is 0.463. The molecule has 3 aromatic carbocycles. The number of para-hydroxylation sites is 2. The van der Waals surface area contributed by atoms with E-state index in [-0.39, 0.29) is 0 Å². The minimum Gasteiger partial charge on any atom is -0.481 e. The zero-order chi connectivity index (χ0) is 34.6. The second kappa shape index (κ2) is 18.8.